The van der Waals surface area contributed by atoms with E-state index in [0.717, 1.165) is 6.42 Å². The van der Waals surface area contributed by atoms with Crippen LogP contribution < -0.4 is 10.1 Å². The van der Waals surface area contributed by atoms with Crippen molar-refractivity contribution in [1.82, 2.24) is 15.1 Å². The third-order valence-electron chi connectivity index (χ3n) is 4.84. The molecule has 0 aliphatic carbocycles. The zero-order valence-corrected chi connectivity index (χ0v) is 16.7. The molecule has 160 valence electrons. The Labute approximate surface area is 174 Å². The molecule has 1 saturated heterocycles. The lowest BCUT2D eigenvalue weighted by molar-refractivity contribution is -0.122. The molecule has 2 aromatic rings. The number of ether oxygens (including phenoxy) is 1. The molecule has 2 aromatic carbocycles. The third-order valence-corrected chi connectivity index (χ3v) is 4.84. The Hall–Kier alpha value is -3.00. The number of carbonyl (C=O) groups is 2. The van der Waals surface area contributed by atoms with E-state index in [0.29, 0.717) is 44.0 Å². The minimum Gasteiger partial charge on any atom is -0.492 e. The number of halogens is 2. The lowest BCUT2D eigenvalue weighted by atomic mass is 10.2. The Balaban J connectivity index is 1.37. The molecule has 3 rings (SSSR count). The van der Waals surface area contributed by atoms with Gasteiger partial charge < -0.3 is 15.0 Å². The van der Waals surface area contributed by atoms with Gasteiger partial charge in [-0.1, -0.05) is 0 Å². The van der Waals surface area contributed by atoms with E-state index in [4.69, 9.17) is 4.74 Å². The third kappa shape index (κ3) is 6.52. The number of amides is 2. The van der Waals surface area contributed by atoms with Gasteiger partial charge in [-0.3, -0.25) is 14.5 Å². The number of nitrogens with one attached hydrogen (secondary N) is 1. The second kappa shape index (κ2) is 10.7. The highest BCUT2D eigenvalue weighted by Crippen LogP contribution is 2.11. The molecule has 1 N–H and O–H groups in total. The summed E-state index contributed by atoms with van der Waals surface area (Å²) in [6, 6.07) is 11.2. The summed E-state index contributed by atoms with van der Waals surface area (Å²) in [7, 11) is 0. The average Bonchev–Trinajstić information content (AvgIpc) is 2.98. The van der Waals surface area contributed by atoms with Crippen LogP contribution in [-0.2, 0) is 4.79 Å². The van der Waals surface area contributed by atoms with Gasteiger partial charge in [-0.2, -0.15) is 0 Å². The van der Waals surface area contributed by atoms with Crippen LogP contribution in [0.1, 0.15) is 16.8 Å². The van der Waals surface area contributed by atoms with Crippen molar-refractivity contribution >= 4 is 11.8 Å². The molecule has 0 radical (unpaired) electrons. The fraction of sp³-hybridized carbons (Fsp3) is 0.364. The maximum atomic E-state index is 13.1. The lowest BCUT2D eigenvalue weighted by Crippen LogP contribution is -2.41. The van der Waals surface area contributed by atoms with Crippen molar-refractivity contribution in [3.8, 4) is 5.75 Å². The molecule has 2 amide bonds. The quantitative estimate of drug-likeness (QED) is 0.703. The molecule has 8 heteroatoms. The van der Waals surface area contributed by atoms with Crippen molar-refractivity contribution < 1.29 is 23.1 Å². The van der Waals surface area contributed by atoms with Crippen LogP contribution in [0, 0.1) is 11.6 Å². The van der Waals surface area contributed by atoms with Gasteiger partial charge in [0.25, 0.3) is 5.91 Å². The van der Waals surface area contributed by atoms with E-state index < -0.39 is 0 Å². The van der Waals surface area contributed by atoms with Crippen LogP contribution in [-0.4, -0.2) is 67.5 Å². The minimum absolute atomic E-state index is 0.115. The summed E-state index contributed by atoms with van der Waals surface area (Å²) in [5.74, 6) is -0.395. The molecule has 30 heavy (non-hydrogen) atoms. The second-order valence-electron chi connectivity index (χ2n) is 7.08. The van der Waals surface area contributed by atoms with Gasteiger partial charge in [0.05, 0.1) is 13.1 Å². The Bertz CT molecular complexity index is 844. The van der Waals surface area contributed by atoms with Crippen LogP contribution in [0.4, 0.5) is 8.78 Å². The molecule has 0 bridgehead atoms. The summed E-state index contributed by atoms with van der Waals surface area (Å²) in [5, 5.41) is 2.80. The Kier molecular flexibility index (Phi) is 7.73. The molecule has 0 unspecified atom stereocenters. The van der Waals surface area contributed by atoms with Gasteiger partial charge in [0.2, 0.25) is 5.91 Å². The van der Waals surface area contributed by atoms with Gasteiger partial charge in [0, 0.05) is 31.7 Å². The predicted octanol–water partition coefficient (Wildman–Crippen LogP) is 2.31. The number of benzene rings is 2. The molecule has 0 saturated carbocycles. The smallest absolute Gasteiger partial charge is 0.253 e. The highest BCUT2D eigenvalue weighted by Gasteiger charge is 2.21. The van der Waals surface area contributed by atoms with E-state index in [2.05, 4.69) is 5.32 Å². The van der Waals surface area contributed by atoms with E-state index in [-0.39, 0.29) is 36.6 Å². The first-order valence-electron chi connectivity index (χ1n) is 9.93. The number of hydrogen-bond acceptors (Lipinski definition) is 4. The van der Waals surface area contributed by atoms with Gasteiger partial charge in [0.15, 0.2) is 0 Å². The molecule has 1 fully saturated rings. The number of nitrogens with zero attached hydrogens (tertiary/aromatic N) is 2. The molecule has 0 spiro atoms. The van der Waals surface area contributed by atoms with Crippen molar-refractivity contribution in [3.63, 3.8) is 0 Å². The fourth-order valence-electron chi connectivity index (χ4n) is 3.26. The number of rotatable bonds is 7. The monoisotopic (exact) mass is 417 g/mol. The highest BCUT2D eigenvalue weighted by molar-refractivity contribution is 5.94. The molecular formula is C22H25F2N3O3. The zero-order chi connectivity index (χ0) is 21.3. The van der Waals surface area contributed by atoms with E-state index >= 15 is 0 Å². The van der Waals surface area contributed by atoms with Crippen molar-refractivity contribution in [3.05, 3.63) is 65.7 Å². The number of carbonyl (C=O) groups excluding carboxylic acids is 2. The van der Waals surface area contributed by atoms with Gasteiger partial charge in [-0.25, -0.2) is 8.78 Å². The van der Waals surface area contributed by atoms with E-state index in [1.165, 1.54) is 48.5 Å². The molecule has 1 heterocycles. The molecule has 0 atom stereocenters. The Morgan fingerprint density at radius 2 is 1.57 bits per heavy atom. The SMILES string of the molecule is O=C(CN1CCCN(C(=O)c2ccc(F)cc2)CC1)NCCOc1ccc(F)cc1. The second-order valence-corrected chi connectivity index (χ2v) is 7.08. The van der Waals surface area contributed by atoms with Crippen molar-refractivity contribution in [2.75, 3.05) is 45.9 Å². The molecule has 0 aromatic heterocycles. The van der Waals surface area contributed by atoms with Gasteiger partial charge in [-0.05, 0) is 55.0 Å². The molecule has 1 aliphatic heterocycles. The summed E-state index contributed by atoms with van der Waals surface area (Å²) in [6.45, 7) is 3.29. The van der Waals surface area contributed by atoms with Crippen LogP contribution in [0.5, 0.6) is 5.75 Å². The largest absolute Gasteiger partial charge is 0.492 e. The maximum Gasteiger partial charge on any atom is 0.253 e. The Morgan fingerprint density at radius 1 is 0.900 bits per heavy atom. The van der Waals surface area contributed by atoms with Gasteiger partial charge >= 0.3 is 0 Å². The normalized spacial score (nSPS) is 14.8. The maximum absolute atomic E-state index is 13.1. The minimum atomic E-state index is -0.373. The van der Waals surface area contributed by atoms with Crippen molar-refractivity contribution in [2.45, 2.75) is 6.42 Å². The molecule has 1 aliphatic rings. The van der Waals surface area contributed by atoms with Crippen molar-refractivity contribution in [1.29, 1.82) is 0 Å². The first-order valence-corrected chi connectivity index (χ1v) is 9.93. The summed E-state index contributed by atoms with van der Waals surface area (Å²) in [6.07, 6.45) is 0.758. The standard InChI is InChI=1S/C22H25F2N3O3/c23-18-4-2-17(3-5-18)22(29)27-12-1-11-26(13-14-27)16-21(28)25-10-15-30-20-8-6-19(24)7-9-20/h2-9H,1,10-16H2,(H,25,28). The summed E-state index contributed by atoms with van der Waals surface area (Å²) in [5.41, 5.74) is 0.462. The Morgan fingerprint density at radius 3 is 2.27 bits per heavy atom. The summed E-state index contributed by atoms with van der Waals surface area (Å²) in [4.78, 5) is 28.5. The topological polar surface area (TPSA) is 61.9 Å². The molecule has 6 nitrogen and oxygen atoms in total. The van der Waals surface area contributed by atoms with Crippen LogP contribution in [0.2, 0.25) is 0 Å². The number of hydrogen-bond donors (Lipinski definition) is 1. The zero-order valence-electron chi connectivity index (χ0n) is 16.7. The van der Waals surface area contributed by atoms with E-state index in [9.17, 15) is 18.4 Å². The van der Waals surface area contributed by atoms with E-state index in [1.54, 1.807) is 4.90 Å². The average molecular weight is 417 g/mol. The fourth-order valence-corrected chi connectivity index (χ4v) is 3.26. The lowest BCUT2D eigenvalue weighted by Gasteiger charge is -2.22. The van der Waals surface area contributed by atoms with Crippen LogP contribution in [0.25, 0.3) is 0 Å². The van der Waals surface area contributed by atoms with E-state index in [1.807, 2.05) is 4.90 Å². The first-order chi connectivity index (χ1) is 14.5. The van der Waals surface area contributed by atoms with Crippen LogP contribution >= 0.6 is 0 Å². The first kappa shape index (κ1) is 21.7. The summed E-state index contributed by atoms with van der Waals surface area (Å²) < 4.78 is 31.3. The molecular weight excluding hydrogens is 392 g/mol. The van der Waals surface area contributed by atoms with Crippen molar-refractivity contribution in [2.24, 2.45) is 0 Å². The van der Waals surface area contributed by atoms with Gasteiger partial charge in [-0.15, -0.1) is 0 Å². The summed E-state index contributed by atoms with van der Waals surface area (Å²) >= 11 is 0. The van der Waals surface area contributed by atoms with Crippen LogP contribution in [0.15, 0.2) is 48.5 Å². The van der Waals surface area contributed by atoms with Crippen LogP contribution in [0.3, 0.4) is 0 Å². The predicted molar refractivity (Wildman–Crippen MR) is 108 cm³/mol. The highest BCUT2D eigenvalue weighted by atomic mass is 19.1. The van der Waals surface area contributed by atoms with Gasteiger partial charge in [0.1, 0.15) is 24.0 Å².